The maximum absolute atomic E-state index is 11.6. The van der Waals surface area contributed by atoms with E-state index in [-0.39, 0.29) is 5.97 Å². The molecule has 19 heavy (non-hydrogen) atoms. The molecule has 0 atom stereocenters. The molecule has 4 nitrogen and oxygen atoms in total. The van der Waals surface area contributed by atoms with Gasteiger partial charge in [0.1, 0.15) is 0 Å². The third-order valence-electron chi connectivity index (χ3n) is 2.68. The second-order valence-corrected chi connectivity index (χ2v) is 4.29. The predicted molar refractivity (Wildman–Crippen MR) is 81.5 cm³/mol. The van der Waals surface area contributed by atoms with Crippen molar-refractivity contribution in [3.05, 3.63) is 29.8 Å². The molecule has 0 unspecified atom stereocenters. The molecule has 1 N–H and O–H groups in total. The fourth-order valence-corrected chi connectivity index (χ4v) is 2.03. The Kier molecular flexibility index (Phi) is 6.29. The summed E-state index contributed by atoms with van der Waals surface area (Å²) in [6.07, 6.45) is 0. The van der Waals surface area contributed by atoms with Crippen LogP contribution >= 0.6 is 12.2 Å². The summed E-state index contributed by atoms with van der Waals surface area (Å²) in [5, 5.41) is 3.79. The lowest BCUT2D eigenvalue weighted by Gasteiger charge is -2.22. The number of nitrogens with one attached hydrogen (secondary N) is 1. The van der Waals surface area contributed by atoms with Gasteiger partial charge in [0.15, 0.2) is 5.11 Å². The molecule has 0 aliphatic heterocycles. The van der Waals surface area contributed by atoms with Crippen molar-refractivity contribution in [2.75, 3.05) is 25.0 Å². The van der Waals surface area contributed by atoms with Gasteiger partial charge in [-0.2, -0.15) is 0 Å². The van der Waals surface area contributed by atoms with Crippen molar-refractivity contribution in [1.29, 1.82) is 0 Å². The van der Waals surface area contributed by atoms with Crippen molar-refractivity contribution in [3.8, 4) is 0 Å². The van der Waals surface area contributed by atoms with E-state index >= 15 is 0 Å². The first-order valence-corrected chi connectivity index (χ1v) is 6.86. The van der Waals surface area contributed by atoms with Crippen molar-refractivity contribution in [2.45, 2.75) is 20.8 Å². The van der Waals surface area contributed by atoms with E-state index in [4.69, 9.17) is 17.0 Å². The Hall–Kier alpha value is -1.62. The van der Waals surface area contributed by atoms with Crippen molar-refractivity contribution >= 4 is 29.0 Å². The molecule has 0 aliphatic rings. The number of hydrogen-bond donors (Lipinski definition) is 1. The number of nitrogens with zero attached hydrogens (tertiary/aromatic N) is 1. The first-order valence-electron chi connectivity index (χ1n) is 6.45. The fourth-order valence-electron chi connectivity index (χ4n) is 1.65. The molecule has 0 aromatic heterocycles. The van der Waals surface area contributed by atoms with E-state index in [0.29, 0.717) is 17.3 Å². The van der Waals surface area contributed by atoms with Crippen LogP contribution in [-0.2, 0) is 4.74 Å². The van der Waals surface area contributed by atoms with Crippen molar-refractivity contribution in [3.63, 3.8) is 0 Å². The number of anilines is 1. The second-order valence-electron chi connectivity index (χ2n) is 3.90. The lowest BCUT2D eigenvalue weighted by Crippen LogP contribution is -2.34. The summed E-state index contributed by atoms with van der Waals surface area (Å²) in [6, 6.07) is 7.15. The molecule has 104 valence electrons. The molecule has 0 amide bonds. The topological polar surface area (TPSA) is 41.6 Å². The average Bonchev–Trinajstić information content (AvgIpc) is 2.40. The number of rotatable bonds is 5. The number of carbonyl (C=O) groups excluding carboxylic acids is 1. The van der Waals surface area contributed by atoms with Crippen LogP contribution in [0.2, 0.25) is 0 Å². The number of benzene rings is 1. The van der Waals surface area contributed by atoms with Crippen LogP contribution in [0, 0.1) is 0 Å². The van der Waals surface area contributed by atoms with E-state index < -0.39 is 0 Å². The predicted octanol–water partition coefficient (Wildman–Crippen LogP) is 2.90. The lowest BCUT2D eigenvalue weighted by atomic mass is 10.2. The number of ether oxygens (including phenoxy) is 1. The molecule has 1 rings (SSSR count). The van der Waals surface area contributed by atoms with E-state index in [0.717, 1.165) is 18.8 Å². The Morgan fingerprint density at radius 1 is 1.32 bits per heavy atom. The largest absolute Gasteiger partial charge is 0.462 e. The zero-order valence-electron chi connectivity index (χ0n) is 11.6. The van der Waals surface area contributed by atoms with E-state index in [1.807, 2.05) is 24.8 Å². The molecular weight excluding hydrogens is 260 g/mol. The molecule has 0 spiro atoms. The van der Waals surface area contributed by atoms with Gasteiger partial charge in [-0.3, -0.25) is 0 Å². The van der Waals surface area contributed by atoms with E-state index in [1.54, 1.807) is 25.1 Å². The highest BCUT2D eigenvalue weighted by molar-refractivity contribution is 7.80. The summed E-state index contributed by atoms with van der Waals surface area (Å²) in [5.74, 6) is -0.320. The Morgan fingerprint density at radius 3 is 2.58 bits per heavy atom. The minimum atomic E-state index is -0.320. The molecule has 1 aromatic rings. The minimum absolute atomic E-state index is 0.320. The van der Waals surface area contributed by atoms with Gasteiger partial charge in [0, 0.05) is 18.8 Å². The summed E-state index contributed by atoms with van der Waals surface area (Å²) >= 11 is 5.31. The van der Waals surface area contributed by atoms with Crippen LogP contribution in [0.5, 0.6) is 0 Å². The smallest absolute Gasteiger partial charge is 0.338 e. The SMILES string of the molecule is CCOC(=O)c1cccc(NC(=S)N(CC)CC)c1. The van der Waals surface area contributed by atoms with Crippen molar-refractivity contribution in [1.82, 2.24) is 4.90 Å². The highest BCUT2D eigenvalue weighted by atomic mass is 32.1. The minimum Gasteiger partial charge on any atom is -0.462 e. The molecule has 0 aliphatic carbocycles. The zero-order valence-corrected chi connectivity index (χ0v) is 12.4. The van der Waals surface area contributed by atoms with Gasteiger partial charge in [0.25, 0.3) is 0 Å². The first-order chi connectivity index (χ1) is 9.12. The van der Waals surface area contributed by atoms with Crippen LogP contribution in [0.3, 0.4) is 0 Å². The van der Waals surface area contributed by atoms with Crippen LogP contribution in [0.1, 0.15) is 31.1 Å². The van der Waals surface area contributed by atoms with E-state index in [9.17, 15) is 4.79 Å². The molecule has 0 saturated heterocycles. The third-order valence-corrected chi connectivity index (χ3v) is 3.04. The Morgan fingerprint density at radius 2 is 2.00 bits per heavy atom. The first kappa shape index (κ1) is 15.4. The highest BCUT2D eigenvalue weighted by Gasteiger charge is 2.09. The maximum atomic E-state index is 11.6. The summed E-state index contributed by atoms with van der Waals surface area (Å²) < 4.78 is 4.97. The summed E-state index contributed by atoms with van der Waals surface area (Å²) in [7, 11) is 0. The summed E-state index contributed by atoms with van der Waals surface area (Å²) in [6.45, 7) is 7.95. The molecule has 5 heteroatoms. The molecule has 0 fully saturated rings. The Bertz CT molecular complexity index is 445. The molecule has 0 bridgehead atoms. The molecule has 0 radical (unpaired) electrons. The Balaban J connectivity index is 2.77. The van der Waals surface area contributed by atoms with Gasteiger partial charge in [-0.15, -0.1) is 0 Å². The average molecular weight is 280 g/mol. The molecule has 0 heterocycles. The molecule has 0 saturated carbocycles. The van der Waals surface area contributed by atoms with Crippen LogP contribution in [0.15, 0.2) is 24.3 Å². The number of thiocarbonyl (C=S) groups is 1. The second kappa shape index (κ2) is 7.74. The van der Waals surface area contributed by atoms with Gasteiger partial charge in [-0.1, -0.05) is 6.07 Å². The van der Waals surface area contributed by atoms with Gasteiger partial charge in [0.2, 0.25) is 0 Å². The fraction of sp³-hybridized carbons (Fsp3) is 0.429. The van der Waals surface area contributed by atoms with Crippen LogP contribution in [0.4, 0.5) is 5.69 Å². The van der Waals surface area contributed by atoms with Gasteiger partial charge in [-0.25, -0.2) is 4.79 Å². The summed E-state index contributed by atoms with van der Waals surface area (Å²) in [4.78, 5) is 13.7. The highest BCUT2D eigenvalue weighted by Crippen LogP contribution is 2.12. The number of carbonyl (C=O) groups is 1. The van der Waals surface area contributed by atoms with E-state index in [2.05, 4.69) is 5.32 Å². The van der Waals surface area contributed by atoms with Crippen LogP contribution < -0.4 is 5.32 Å². The van der Waals surface area contributed by atoms with Crippen LogP contribution in [0.25, 0.3) is 0 Å². The standard InChI is InChI=1S/C14H20N2O2S/c1-4-16(5-2)14(19)15-12-9-7-8-11(10-12)13(17)18-6-3/h7-10H,4-6H2,1-3H3,(H,15,19). The van der Waals surface area contributed by atoms with Gasteiger partial charge in [0.05, 0.1) is 12.2 Å². The number of esters is 1. The summed E-state index contributed by atoms with van der Waals surface area (Å²) in [5.41, 5.74) is 1.32. The third kappa shape index (κ3) is 4.52. The quantitative estimate of drug-likeness (QED) is 0.663. The van der Waals surface area contributed by atoms with E-state index in [1.165, 1.54) is 0 Å². The van der Waals surface area contributed by atoms with Gasteiger partial charge in [-0.05, 0) is 51.2 Å². The van der Waals surface area contributed by atoms with Crippen LogP contribution in [-0.4, -0.2) is 35.7 Å². The maximum Gasteiger partial charge on any atom is 0.338 e. The normalized spacial score (nSPS) is 9.84. The lowest BCUT2D eigenvalue weighted by molar-refractivity contribution is 0.0526. The van der Waals surface area contributed by atoms with Gasteiger partial charge >= 0.3 is 5.97 Å². The van der Waals surface area contributed by atoms with Crippen molar-refractivity contribution < 1.29 is 9.53 Å². The Labute approximate surface area is 119 Å². The number of hydrogen-bond acceptors (Lipinski definition) is 3. The van der Waals surface area contributed by atoms with Crippen molar-refractivity contribution in [2.24, 2.45) is 0 Å². The molecular formula is C14H20N2O2S. The monoisotopic (exact) mass is 280 g/mol. The zero-order chi connectivity index (χ0) is 14.3. The molecule has 1 aromatic carbocycles. The van der Waals surface area contributed by atoms with Gasteiger partial charge < -0.3 is 15.0 Å².